The van der Waals surface area contributed by atoms with Gasteiger partial charge in [-0.3, -0.25) is 9.48 Å². The SMILES string of the molecule is Cc1nn(Cc2ccc(F)cc2)c2sc(C(=O)NCC3(N(C)C)CCCC3)cc12. The van der Waals surface area contributed by atoms with Crippen LogP contribution in [0.25, 0.3) is 10.2 Å². The van der Waals surface area contributed by atoms with Crippen molar-refractivity contribution in [1.29, 1.82) is 0 Å². The van der Waals surface area contributed by atoms with Gasteiger partial charge in [-0.05, 0) is 57.6 Å². The maximum Gasteiger partial charge on any atom is 0.261 e. The number of thiophene rings is 1. The molecule has 1 aliphatic rings. The first-order valence-electron chi connectivity index (χ1n) is 10.0. The molecule has 1 amide bonds. The molecular weight excluding hydrogens is 387 g/mol. The van der Waals surface area contributed by atoms with Crippen LogP contribution in [-0.2, 0) is 6.54 Å². The summed E-state index contributed by atoms with van der Waals surface area (Å²) in [6.45, 7) is 3.18. The highest BCUT2D eigenvalue weighted by atomic mass is 32.1. The van der Waals surface area contributed by atoms with Crippen molar-refractivity contribution in [2.24, 2.45) is 0 Å². The van der Waals surface area contributed by atoms with Crippen LogP contribution in [0.5, 0.6) is 0 Å². The van der Waals surface area contributed by atoms with Crippen molar-refractivity contribution in [3.63, 3.8) is 0 Å². The van der Waals surface area contributed by atoms with Gasteiger partial charge in [-0.1, -0.05) is 25.0 Å². The molecule has 0 atom stereocenters. The average molecular weight is 415 g/mol. The summed E-state index contributed by atoms with van der Waals surface area (Å²) in [6.07, 6.45) is 4.68. The van der Waals surface area contributed by atoms with Crippen molar-refractivity contribution >= 4 is 27.5 Å². The lowest BCUT2D eigenvalue weighted by Crippen LogP contribution is -2.50. The summed E-state index contributed by atoms with van der Waals surface area (Å²) in [4.78, 5) is 16.8. The Kier molecular flexibility index (Phi) is 5.44. The summed E-state index contributed by atoms with van der Waals surface area (Å²) in [6, 6.07) is 8.39. The summed E-state index contributed by atoms with van der Waals surface area (Å²) in [5, 5.41) is 8.78. The average Bonchev–Trinajstić information content (AvgIpc) is 3.40. The first-order chi connectivity index (χ1) is 13.9. The fourth-order valence-corrected chi connectivity index (χ4v) is 5.32. The Balaban J connectivity index is 1.52. The van der Waals surface area contributed by atoms with E-state index >= 15 is 0 Å². The predicted molar refractivity (Wildman–Crippen MR) is 115 cm³/mol. The van der Waals surface area contributed by atoms with Gasteiger partial charge in [0.15, 0.2) is 0 Å². The molecule has 2 aromatic heterocycles. The molecule has 1 fully saturated rings. The molecule has 1 aromatic carbocycles. The molecule has 1 N–H and O–H groups in total. The number of hydrogen-bond donors (Lipinski definition) is 1. The monoisotopic (exact) mass is 414 g/mol. The Hall–Kier alpha value is -2.25. The van der Waals surface area contributed by atoms with Crippen molar-refractivity contribution in [3.05, 3.63) is 52.3 Å². The number of aryl methyl sites for hydroxylation is 1. The summed E-state index contributed by atoms with van der Waals surface area (Å²) >= 11 is 1.47. The van der Waals surface area contributed by atoms with Crippen LogP contribution in [0.4, 0.5) is 4.39 Å². The minimum absolute atomic E-state index is 0.0212. The number of likely N-dealkylation sites (N-methyl/N-ethyl adjacent to an activating group) is 1. The lowest BCUT2D eigenvalue weighted by molar-refractivity contribution is 0.0904. The molecule has 0 saturated heterocycles. The van der Waals surface area contributed by atoms with E-state index in [0.717, 1.165) is 34.3 Å². The number of aromatic nitrogens is 2. The van der Waals surface area contributed by atoms with Crippen molar-refractivity contribution in [3.8, 4) is 0 Å². The standard InChI is InChI=1S/C22H27FN4OS/c1-15-18-12-19(20(28)24-14-22(26(2)3)10-4-5-11-22)29-21(18)27(25-15)13-16-6-8-17(23)9-7-16/h6-9,12H,4-5,10-11,13-14H2,1-3H3,(H,24,28). The molecule has 7 heteroatoms. The predicted octanol–water partition coefficient (Wildman–Crippen LogP) is 4.20. The van der Waals surface area contributed by atoms with E-state index in [0.29, 0.717) is 18.0 Å². The highest BCUT2D eigenvalue weighted by Crippen LogP contribution is 2.33. The Bertz CT molecular complexity index is 1020. The number of fused-ring (bicyclic) bond motifs is 1. The van der Waals surface area contributed by atoms with E-state index in [2.05, 4.69) is 29.4 Å². The highest BCUT2D eigenvalue weighted by Gasteiger charge is 2.36. The van der Waals surface area contributed by atoms with E-state index < -0.39 is 0 Å². The molecule has 5 nitrogen and oxygen atoms in total. The van der Waals surface area contributed by atoms with Crippen LogP contribution in [0.2, 0.25) is 0 Å². The number of benzene rings is 1. The molecule has 0 bridgehead atoms. The van der Waals surface area contributed by atoms with Gasteiger partial charge in [0.25, 0.3) is 5.91 Å². The summed E-state index contributed by atoms with van der Waals surface area (Å²) < 4.78 is 15.1. The Morgan fingerprint density at radius 3 is 2.62 bits per heavy atom. The summed E-state index contributed by atoms with van der Waals surface area (Å²) in [7, 11) is 4.20. The third-order valence-electron chi connectivity index (χ3n) is 6.14. The summed E-state index contributed by atoms with van der Waals surface area (Å²) in [5.74, 6) is -0.268. The van der Waals surface area contributed by atoms with Crippen molar-refractivity contribution in [2.45, 2.75) is 44.7 Å². The van der Waals surface area contributed by atoms with Gasteiger partial charge in [-0.2, -0.15) is 5.10 Å². The topological polar surface area (TPSA) is 50.2 Å². The van der Waals surface area contributed by atoms with Gasteiger partial charge < -0.3 is 10.2 Å². The maximum atomic E-state index is 13.2. The molecule has 0 unspecified atom stereocenters. The molecular formula is C22H27FN4OS. The maximum absolute atomic E-state index is 13.2. The number of nitrogens with zero attached hydrogens (tertiary/aromatic N) is 3. The van der Waals surface area contributed by atoms with Gasteiger partial charge in [-0.15, -0.1) is 11.3 Å². The smallest absolute Gasteiger partial charge is 0.261 e. The molecule has 0 aliphatic heterocycles. The van der Waals surface area contributed by atoms with Gasteiger partial charge in [0.1, 0.15) is 10.6 Å². The second-order valence-electron chi connectivity index (χ2n) is 8.21. The minimum atomic E-state index is -0.247. The van der Waals surface area contributed by atoms with E-state index in [-0.39, 0.29) is 17.3 Å². The Labute approximate surface area is 174 Å². The van der Waals surface area contributed by atoms with Crippen LogP contribution in [0.15, 0.2) is 30.3 Å². The second-order valence-corrected chi connectivity index (χ2v) is 9.24. The second kappa shape index (κ2) is 7.88. The number of carbonyl (C=O) groups excluding carboxylic acids is 1. The number of nitrogens with one attached hydrogen (secondary N) is 1. The van der Waals surface area contributed by atoms with Crippen LogP contribution in [0.3, 0.4) is 0 Å². The number of rotatable bonds is 6. The molecule has 1 saturated carbocycles. The zero-order valence-corrected chi connectivity index (χ0v) is 18.0. The van der Waals surface area contributed by atoms with Gasteiger partial charge in [0.2, 0.25) is 0 Å². The van der Waals surface area contributed by atoms with E-state index in [1.807, 2.05) is 17.7 Å². The van der Waals surface area contributed by atoms with Crippen LogP contribution in [-0.4, -0.2) is 46.8 Å². The Morgan fingerprint density at radius 2 is 1.97 bits per heavy atom. The largest absolute Gasteiger partial charge is 0.349 e. The van der Waals surface area contributed by atoms with Crippen LogP contribution < -0.4 is 5.32 Å². The summed E-state index contributed by atoms with van der Waals surface area (Å²) in [5.41, 5.74) is 1.95. The zero-order valence-electron chi connectivity index (χ0n) is 17.2. The molecule has 29 heavy (non-hydrogen) atoms. The van der Waals surface area contributed by atoms with Gasteiger partial charge in [0.05, 0.1) is 17.1 Å². The lowest BCUT2D eigenvalue weighted by atomic mass is 9.96. The molecule has 1 aliphatic carbocycles. The fraction of sp³-hybridized carbons (Fsp3) is 0.455. The Morgan fingerprint density at radius 1 is 1.28 bits per heavy atom. The molecule has 2 heterocycles. The quantitative estimate of drug-likeness (QED) is 0.658. The molecule has 3 aromatic rings. The first-order valence-corrected chi connectivity index (χ1v) is 10.9. The third-order valence-corrected chi connectivity index (χ3v) is 7.28. The molecule has 4 rings (SSSR count). The van der Waals surface area contributed by atoms with Gasteiger partial charge in [-0.25, -0.2) is 4.39 Å². The molecule has 0 spiro atoms. The van der Waals surface area contributed by atoms with E-state index in [1.165, 1.54) is 36.3 Å². The van der Waals surface area contributed by atoms with Crippen LogP contribution >= 0.6 is 11.3 Å². The van der Waals surface area contributed by atoms with E-state index in [4.69, 9.17) is 0 Å². The number of amides is 1. The van der Waals surface area contributed by atoms with Crippen molar-refractivity contribution < 1.29 is 9.18 Å². The number of halogens is 1. The van der Waals surface area contributed by atoms with Gasteiger partial charge in [0, 0.05) is 17.5 Å². The van der Waals surface area contributed by atoms with E-state index in [1.54, 1.807) is 12.1 Å². The van der Waals surface area contributed by atoms with Crippen molar-refractivity contribution in [1.82, 2.24) is 20.0 Å². The van der Waals surface area contributed by atoms with Crippen LogP contribution in [0.1, 0.15) is 46.6 Å². The molecule has 0 radical (unpaired) electrons. The zero-order chi connectivity index (χ0) is 20.6. The lowest BCUT2D eigenvalue weighted by Gasteiger charge is -2.36. The van der Waals surface area contributed by atoms with Crippen molar-refractivity contribution in [2.75, 3.05) is 20.6 Å². The third kappa shape index (κ3) is 3.94. The minimum Gasteiger partial charge on any atom is -0.349 e. The highest BCUT2D eigenvalue weighted by molar-refractivity contribution is 7.20. The van der Waals surface area contributed by atoms with Crippen LogP contribution in [0, 0.1) is 12.7 Å². The molecule has 154 valence electrons. The fourth-order valence-electron chi connectivity index (χ4n) is 4.24. The normalized spacial score (nSPS) is 16.0. The number of hydrogen-bond acceptors (Lipinski definition) is 4. The first kappa shape index (κ1) is 20.0. The number of carbonyl (C=O) groups is 1. The van der Waals surface area contributed by atoms with E-state index in [9.17, 15) is 9.18 Å². The van der Waals surface area contributed by atoms with Gasteiger partial charge >= 0.3 is 0 Å².